The van der Waals surface area contributed by atoms with Gasteiger partial charge in [-0.15, -0.1) is 11.3 Å². The molecular formula is C16H19ClN2S. The van der Waals surface area contributed by atoms with Crippen LogP contribution >= 0.6 is 22.9 Å². The van der Waals surface area contributed by atoms with E-state index in [0.29, 0.717) is 6.04 Å². The van der Waals surface area contributed by atoms with Gasteiger partial charge in [0.05, 0.1) is 17.4 Å². The van der Waals surface area contributed by atoms with Gasteiger partial charge in [-0.05, 0) is 54.5 Å². The van der Waals surface area contributed by atoms with E-state index in [0.717, 1.165) is 10.7 Å². The van der Waals surface area contributed by atoms with Gasteiger partial charge in [0.25, 0.3) is 0 Å². The largest absolute Gasteiger partial charge is 0.376 e. The van der Waals surface area contributed by atoms with E-state index >= 15 is 0 Å². The summed E-state index contributed by atoms with van der Waals surface area (Å²) >= 11 is 8.04. The number of fused-ring (bicyclic) bond motifs is 1. The Hall–Kier alpha value is -1.19. The van der Waals surface area contributed by atoms with E-state index in [1.54, 1.807) is 0 Å². The Morgan fingerprint density at radius 1 is 1.30 bits per heavy atom. The first kappa shape index (κ1) is 13.8. The summed E-state index contributed by atoms with van der Waals surface area (Å²) < 4.78 is 0. The lowest BCUT2D eigenvalue weighted by atomic mass is 9.94. The molecule has 106 valence electrons. The van der Waals surface area contributed by atoms with Gasteiger partial charge < -0.3 is 10.2 Å². The van der Waals surface area contributed by atoms with Gasteiger partial charge in [0.15, 0.2) is 0 Å². The molecule has 0 aliphatic heterocycles. The van der Waals surface area contributed by atoms with Crippen molar-refractivity contribution in [1.82, 2.24) is 0 Å². The fraction of sp³-hybridized carbons (Fsp3) is 0.375. The first-order valence-corrected chi connectivity index (χ1v) is 8.20. The highest BCUT2D eigenvalue weighted by molar-refractivity contribution is 7.10. The van der Waals surface area contributed by atoms with Crippen LogP contribution in [0.1, 0.15) is 29.3 Å². The average molecular weight is 307 g/mol. The second-order valence-electron chi connectivity index (χ2n) is 5.44. The van der Waals surface area contributed by atoms with Gasteiger partial charge in [0.2, 0.25) is 0 Å². The minimum atomic E-state index is 0.405. The van der Waals surface area contributed by atoms with E-state index in [-0.39, 0.29) is 0 Å². The van der Waals surface area contributed by atoms with Gasteiger partial charge in [-0.1, -0.05) is 11.6 Å². The van der Waals surface area contributed by atoms with Crippen LogP contribution in [0.4, 0.5) is 11.4 Å². The number of nitrogens with one attached hydrogen (secondary N) is 1. The van der Waals surface area contributed by atoms with Crippen LogP contribution in [-0.4, -0.2) is 14.1 Å². The Labute approximate surface area is 129 Å². The average Bonchev–Trinajstić information content (AvgIpc) is 2.88. The van der Waals surface area contributed by atoms with Crippen molar-refractivity contribution in [2.75, 3.05) is 24.3 Å². The van der Waals surface area contributed by atoms with Gasteiger partial charge in [-0.25, -0.2) is 0 Å². The zero-order valence-electron chi connectivity index (χ0n) is 11.8. The van der Waals surface area contributed by atoms with Crippen molar-refractivity contribution in [3.8, 4) is 0 Å². The molecule has 1 N–H and O–H groups in total. The highest BCUT2D eigenvalue weighted by Crippen LogP contribution is 2.38. The number of thiophene rings is 1. The summed E-state index contributed by atoms with van der Waals surface area (Å²) in [6.45, 7) is 0. The van der Waals surface area contributed by atoms with Crippen molar-refractivity contribution < 1.29 is 0 Å². The second-order valence-corrected chi connectivity index (χ2v) is 6.88. The summed E-state index contributed by atoms with van der Waals surface area (Å²) in [6, 6.07) is 8.71. The predicted octanol–water partition coefficient (Wildman–Crippen LogP) is 4.96. The Balaban J connectivity index is 1.91. The molecule has 1 aliphatic rings. The number of anilines is 2. The summed E-state index contributed by atoms with van der Waals surface area (Å²) in [4.78, 5) is 3.65. The van der Waals surface area contributed by atoms with Crippen LogP contribution < -0.4 is 10.2 Å². The van der Waals surface area contributed by atoms with E-state index in [9.17, 15) is 0 Å². The van der Waals surface area contributed by atoms with Gasteiger partial charge >= 0.3 is 0 Å². The number of hydrogen-bond acceptors (Lipinski definition) is 3. The smallest absolute Gasteiger partial charge is 0.0598 e. The monoisotopic (exact) mass is 306 g/mol. The van der Waals surface area contributed by atoms with Crippen LogP contribution in [0.2, 0.25) is 5.02 Å². The minimum absolute atomic E-state index is 0.405. The molecule has 3 rings (SSSR count). The molecular weight excluding hydrogens is 288 g/mol. The summed E-state index contributed by atoms with van der Waals surface area (Å²) in [5.41, 5.74) is 3.76. The molecule has 0 spiro atoms. The van der Waals surface area contributed by atoms with Crippen molar-refractivity contribution in [2.45, 2.75) is 25.3 Å². The third kappa shape index (κ3) is 2.65. The fourth-order valence-electron chi connectivity index (χ4n) is 2.84. The standard InChI is InChI=1S/C16H19ClN2S/c1-19(2)15-7-6-11(17)10-14(15)18-13-4-3-5-16-12(13)8-9-20-16/h6-10,13,18H,3-5H2,1-2H3. The van der Waals surface area contributed by atoms with Crippen LogP contribution in [0, 0.1) is 0 Å². The third-order valence-corrected chi connectivity index (χ3v) is 5.05. The van der Waals surface area contributed by atoms with E-state index in [1.807, 2.05) is 23.5 Å². The van der Waals surface area contributed by atoms with Crippen molar-refractivity contribution >= 4 is 34.3 Å². The Kier molecular flexibility index (Phi) is 3.90. The third-order valence-electron chi connectivity index (χ3n) is 3.82. The fourth-order valence-corrected chi connectivity index (χ4v) is 4.00. The molecule has 0 saturated carbocycles. The zero-order valence-corrected chi connectivity index (χ0v) is 13.4. The molecule has 1 aliphatic carbocycles. The molecule has 4 heteroatoms. The molecule has 0 radical (unpaired) electrons. The van der Waals surface area contributed by atoms with E-state index < -0.39 is 0 Å². The number of nitrogens with zero attached hydrogens (tertiary/aromatic N) is 1. The maximum atomic E-state index is 6.16. The number of halogens is 1. The first-order chi connectivity index (χ1) is 9.65. The van der Waals surface area contributed by atoms with Crippen LogP contribution in [-0.2, 0) is 6.42 Å². The first-order valence-electron chi connectivity index (χ1n) is 6.95. The lowest BCUT2D eigenvalue weighted by Gasteiger charge is -2.27. The molecule has 2 aromatic rings. The van der Waals surface area contributed by atoms with E-state index in [4.69, 9.17) is 11.6 Å². The summed E-state index contributed by atoms with van der Waals surface area (Å²) in [5, 5.41) is 6.68. The lowest BCUT2D eigenvalue weighted by Crippen LogP contribution is -2.18. The molecule has 1 aromatic carbocycles. The molecule has 1 atom stereocenters. The van der Waals surface area contributed by atoms with Crippen LogP contribution in [0.25, 0.3) is 0 Å². The van der Waals surface area contributed by atoms with Crippen molar-refractivity contribution in [3.05, 3.63) is 45.1 Å². The molecule has 1 unspecified atom stereocenters. The molecule has 2 nitrogen and oxygen atoms in total. The molecule has 0 amide bonds. The van der Waals surface area contributed by atoms with E-state index in [1.165, 1.54) is 35.4 Å². The van der Waals surface area contributed by atoms with Gasteiger partial charge in [-0.3, -0.25) is 0 Å². The van der Waals surface area contributed by atoms with Crippen molar-refractivity contribution in [2.24, 2.45) is 0 Å². The van der Waals surface area contributed by atoms with Crippen LogP contribution in [0.5, 0.6) is 0 Å². The maximum Gasteiger partial charge on any atom is 0.0598 e. The Bertz CT molecular complexity index is 606. The molecule has 20 heavy (non-hydrogen) atoms. The number of benzene rings is 1. The molecule has 1 aromatic heterocycles. The molecule has 0 bridgehead atoms. The second kappa shape index (κ2) is 5.66. The van der Waals surface area contributed by atoms with Gasteiger partial charge in [0.1, 0.15) is 0 Å². The predicted molar refractivity (Wildman–Crippen MR) is 89.4 cm³/mol. The molecule has 0 saturated heterocycles. The summed E-state index contributed by atoms with van der Waals surface area (Å²) in [5.74, 6) is 0. The number of hydrogen-bond donors (Lipinski definition) is 1. The molecule has 1 heterocycles. The number of rotatable bonds is 3. The van der Waals surface area contributed by atoms with Crippen LogP contribution in [0.3, 0.4) is 0 Å². The van der Waals surface area contributed by atoms with Crippen molar-refractivity contribution in [3.63, 3.8) is 0 Å². The highest BCUT2D eigenvalue weighted by atomic mass is 35.5. The highest BCUT2D eigenvalue weighted by Gasteiger charge is 2.22. The minimum Gasteiger partial charge on any atom is -0.376 e. The normalized spacial score (nSPS) is 17.6. The quantitative estimate of drug-likeness (QED) is 0.862. The van der Waals surface area contributed by atoms with Gasteiger partial charge in [0, 0.05) is 24.0 Å². The number of aryl methyl sites for hydroxylation is 1. The Morgan fingerprint density at radius 3 is 2.95 bits per heavy atom. The Morgan fingerprint density at radius 2 is 2.15 bits per heavy atom. The lowest BCUT2D eigenvalue weighted by molar-refractivity contribution is 0.609. The SMILES string of the molecule is CN(C)c1ccc(Cl)cc1NC1CCCc2sccc21. The topological polar surface area (TPSA) is 15.3 Å². The molecule has 0 fully saturated rings. The van der Waals surface area contributed by atoms with Gasteiger partial charge in [-0.2, -0.15) is 0 Å². The summed E-state index contributed by atoms with van der Waals surface area (Å²) in [6.07, 6.45) is 3.66. The maximum absolute atomic E-state index is 6.16. The summed E-state index contributed by atoms with van der Waals surface area (Å²) in [7, 11) is 4.12. The van der Waals surface area contributed by atoms with Crippen LogP contribution in [0.15, 0.2) is 29.6 Å². The van der Waals surface area contributed by atoms with E-state index in [2.05, 4.69) is 41.8 Å². The zero-order chi connectivity index (χ0) is 14.1. The van der Waals surface area contributed by atoms with Crippen molar-refractivity contribution in [1.29, 1.82) is 0 Å².